The molecule has 1 aliphatic heterocycles. The van der Waals surface area contributed by atoms with Crippen molar-refractivity contribution in [1.29, 1.82) is 0 Å². The van der Waals surface area contributed by atoms with Crippen molar-refractivity contribution < 1.29 is 14.0 Å². The zero-order valence-electron chi connectivity index (χ0n) is 15.5. The fraction of sp³-hybridized carbons (Fsp3) is 0.333. The monoisotopic (exact) mass is 386 g/mol. The van der Waals surface area contributed by atoms with E-state index >= 15 is 0 Å². The van der Waals surface area contributed by atoms with Gasteiger partial charge in [0.25, 0.3) is 0 Å². The van der Waals surface area contributed by atoms with Crippen molar-refractivity contribution >= 4 is 29.3 Å². The summed E-state index contributed by atoms with van der Waals surface area (Å²) in [6.45, 7) is 5.14. The third-order valence-electron chi connectivity index (χ3n) is 4.49. The lowest BCUT2D eigenvalue weighted by molar-refractivity contribution is -0.135. The molecule has 142 valence electrons. The number of amides is 2. The maximum atomic E-state index is 12.9. The molecule has 1 heterocycles. The summed E-state index contributed by atoms with van der Waals surface area (Å²) in [5.74, 6) is -0.0116. The van der Waals surface area contributed by atoms with Gasteiger partial charge in [0.1, 0.15) is 5.82 Å². The number of thioether (sulfide) groups is 1. The van der Waals surface area contributed by atoms with Gasteiger partial charge < -0.3 is 10.2 Å². The van der Waals surface area contributed by atoms with E-state index in [1.807, 2.05) is 36.9 Å². The van der Waals surface area contributed by atoms with E-state index in [0.717, 1.165) is 29.1 Å². The minimum Gasteiger partial charge on any atom is -0.338 e. The number of hydrogen-bond donors (Lipinski definition) is 1. The van der Waals surface area contributed by atoms with Gasteiger partial charge in [-0.25, -0.2) is 4.39 Å². The summed E-state index contributed by atoms with van der Waals surface area (Å²) in [4.78, 5) is 27.2. The summed E-state index contributed by atoms with van der Waals surface area (Å²) in [7, 11) is 0. The highest BCUT2D eigenvalue weighted by atomic mass is 32.2. The fourth-order valence-electron chi connectivity index (χ4n) is 3.06. The van der Waals surface area contributed by atoms with Crippen molar-refractivity contribution in [3.8, 4) is 0 Å². The normalized spacial score (nSPS) is 13.4. The zero-order chi connectivity index (χ0) is 19.4. The molecule has 2 aromatic rings. The Balaban J connectivity index is 1.59. The lowest BCUT2D eigenvalue weighted by Crippen LogP contribution is -2.38. The molecule has 0 atom stereocenters. The van der Waals surface area contributed by atoms with E-state index < -0.39 is 0 Å². The first-order valence-corrected chi connectivity index (χ1v) is 10.00. The van der Waals surface area contributed by atoms with Crippen molar-refractivity contribution in [2.75, 3.05) is 17.6 Å². The number of nitrogens with one attached hydrogen (secondary N) is 1. The molecule has 0 aromatic heterocycles. The van der Waals surface area contributed by atoms with Crippen LogP contribution in [0.15, 0.2) is 47.4 Å². The lowest BCUT2D eigenvalue weighted by Gasteiger charge is -2.30. The fourth-order valence-corrected chi connectivity index (χ4v) is 3.76. The molecule has 1 aliphatic rings. The second-order valence-corrected chi connectivity index (χ2v) is 7.99. The molecule has 0 saturated carbocycles. The molecule has 0 radical (unpaired) electrons. The van der Waals surface area contributed by atoms with Crippen LogP contribution in [-0.2, 0) is 22.6 Å². The first kappa shape index (κ1) is 19.4. The molecule has 3 rings (SSSR count). The van der Waals surface area contributed by atoms with Crippen molar-refractivity contribution in [2.24, 2.45) is 5.92 Å². The maximum Gasteiger partial charge on any atom is 0.234 e. The third-order valence-corrected chi connectivity index (χ3v) is 5.50. The average Bonchev–Trinajstić information content (AvgIpc) is 2.66. The van der Waals surface area contributed by atoms with E-state index in [1.165, 1.54) is 29.5 Å². The molecule has 0 unspecified atom stereocenters. The minimum absolute atomic E-state index is 0.0158. The number of nitrogens with zero attached hydrogens (tertiary/aromatic N) is 1. The van der Waals surface area contributed by atoms with Crippen LogP contribution in [0.3, 0.4) is 0 Å². The van der Waals surface area contributed by atoms with Crippen LogP contribution >= 0.6 is 11.8 Å². The lowest BCUT2D eigenvalue weighted by atomic mass is 9.98. The van der Waals surface area contributed by atoms with Gasteiger partial charge in [0.05, 0.1) is 5.75 Å². The molecule has 6 heteroatoms. The summed E-state index contributed by atoms with van der Waals surface area (Å²) in [6.07, 6.45) is 0.836. The summed E-state index contributed by atoms with van der Waals surface area (Å²) in [5, 5.41) is 2.90. The van der Waals surface area contributed by atoms with Gasteiger partial charge in [-0.3, -0.25) is 9.59 Å². The van der Waals surface area contributed by atoms with Crippen LogP contribution in [0.5, 0.6) is 0 Å². The Morgan fingerprint density at radius 3 is 2.59 bits per heavy atom. The van der Waals surface area contributed by atoms with E-state index in [1.54, 1.807) is 12.1 Å². The number of carbonyl (C=O) groups is 2. The van der Waals surface area contributed by atoms with Gasteiger partial charge >= 0.3 is 0 Å². The van der Waals surface area contributed by atoms with Gasteiger partial charge in [-0.1, -0.05) is 19.9 Å². The topological polar surface area (TPSA) is 49.4 Å². The van der Waals surface area contributed by atoms with Crippen LogP contribution in [0.2, 0.25) is 0 Å². The number of halogens is 1. The molecule has 0 aliphatic carbocycles. The summed E-state index contributed by atoms with van der Waals surface area (Å²) in [5.41, 5.74) is 3.04. The highest BCUT2D eigenvalue weighted by molar-refractivity contribution is 8.00. The Bertz CT molecular complexity index is 837. The molecule has 0 spiro atoms. The molecular weight excluding hydrogens is 363 g/mol. The molecule has 0 fully saturated rings. The molecule has 2 aromatic carbocycles. The van der Waals surface area contributed by atoms with Gasteiger partial charge in [-0.05, 0) is 53.9 Å². The molecule has 0 bridgehead atoms. The highest BCUT2D eigenvalue weighted by Gasteiger charge is 2.22. The molecule has 1 N–H and O–H groups in total. The summed E-state index contributed by atoms with van der Waals surface area (Å²) in [6, 6.07) is 12.0. The number of anilines is 1. The Hall–Kier alpha value is -2.34. The summed E-state index contributed by atoms with van der Waals surface area (Å²) >= 11 is 1.36. The van der Waals surface area contributed by atoms with Crippen LogP contribution in [0.4, 0.5) is 10.1 Å². The van der Waals surface area contributed by atoms with Crippen LogP contribution in [-0.4, -0.2) is 29.0 Å². The average molecular weight is 386 g/mol. The molecule has 0 saturated heterocycles. The van der Waals surface area contributed by atoms with Crippen molar-refractivity contribution in [1.82, 2.24) is 4.90 Å². The van der Waals surface area contributed by atoms with E-state index in [9.17, 15) is 14.0 Å². The van der Waals surface area contributed by atoms with Crippen molar-refractivity contribution in [2.45, 2.75) is 31.7 Å². The van der Waals surface area contributed by atoms with Crippen LogP contribution in [0.1, 0.15) is 25.0 Å². The standard InChI is InChI=1S/C21H23FN2O2S/c1-14(2)21(26)24-10-9-15-3-6-18(11-16(15)12-24)23-20(25)13-27-19-7-4-17(22)5-8-19/h3-8,11,14H,9-10,12-13H2,1-2H3,(H,23,25). The second-order valence-electron chi connectivity index (χ2n) is 6.94. The van der Waals surface area contributed by atoms with Crippen molar-refractivity contribution in [3.63, 3.8) is 0 Å². The smallest absolute Gasteiger partial charge is 0.234 e. The van der Waals surface area contributed by atoms with E-state index in [0.29, 0.717) is 6.54 Å². The Morgan fingerprint density at radius 1 is 1.15 bits per heavy atom. The molecule has 2 amide bonds. The maximum absolute atomic E-state index is 12.9. The SMILES string of the molecule is CC(C)C(=O)N1CCc2ccc(NC(=O)CSc3ccc(F)cc3)cc2C1. The van der Waals surface area contributed by atoms with Gasteiger partial charge in [-0.15, -0.1) is 11.8 Å². The second kappa shape index (κ2) is 8.57. The molecule has 4 nitrogen and oxygen atoms in total. The largest absolute Gasteiger partial charge is 0.338 e. The summed E-state index contributed by atoms with van der Waals surface area (Å²) < 4.78 is 12.9. The number of carbonyl (C=O) groups excluding carboxylic acids is 2. The first-order chi connectivity index (χ1) is 12.9. The van der Waals surface area contributed by atoms with E-state index in [-0.39, 0.29) is 29.3 Å². The van der Waals surface area contributed by atoms with E-state index in [4.69, 9.17) is 0 Å². The Kier molecular flexibility index (Phi) is 6.16. The van der Waals surface area contributed by atoms with Crippen LogP contribution in [0, 0.1) is 11.7 Å². The van der Waals surface area contributed by atoms with Gasteiger partial charge in [0.15, 0.2) is 0 Å². The number of hydrogen-bond acceptors (Lipinski definition) is 3. The third kappa shape index (κ3) is 5.10. The molecule has 27 heavy (non-hydrogen) atoms. The van der Waals surface area contributed by atoms with Gasteiger partial charge in [0.2, 0.25) is 11.8 Å². The zero-order valence-corrected chi connectivity index (χ0v) is 16.3. The quantitative estimate of drug-likeness (QED) is 0.787. The number of rotatable bonds is 5. The van der Waals surface area contributed by atoms with E-state index in [2.05, 4.69) is 5.32 Å². The highest BCUT2D eigenvalue weighted by Crippen LogP contribution is 2.24. The Labute approximate surface area is 163 Å². The molecular formula is C21H23FN2O2S. The first-order valence-electron chi connectivity index (χ1n) is 9.01. The van der Waals surface area contributed by atoms with Crippen molar-refractivity contribution in [3.05, 3.63) is 59.4 Å². The van der Waals surface area contributed by atoms with Crippen LogP contribution < -0.4 is 5.32 Å². The van der Waals surface area contributed by atoms with Gasteiger partial charge in [-0.2, -0.15) is 0 Å². The number of benzene rings is 2. The Morgan fingerprint density at radius 2 is 1.89 bits per heavy atom. The predicted molar refractivity (Wildman–Crippen MR) is 106 cm³/mol. The predicted octanol–water partition coefficient (Wildman–Crippen LogP) is 4.10. The van der Waals surface area contributed by atoms with Gasteiger partial charge in [0, 0.05) is 29.6 Å². The van der Waals surface area contributed by atoms with Crippen LogP contribution in [0.25, 0.3) is 0 Å². The number of fused-ring (bicyclic) bond motifs is 1. The minimum atomic E-state index is -0.289.